The maximum absolute atomic E-state index is 5.85. The fourth-order valence-corrected chi connectivity index (χ4v) is 2.19. The third-order valence-electron chi connectivity index (χ3n) is 3.24. The Morgan fingerprint density at radius 1 is 1.44 bits per heavy atom. The monoisotopic (exact) mass is 247 g/mol. The van der Waals surface area contributed by atoms with Crippen LogP contribution in [-0.4, -0.2) is 26.8 Å². The maximum atomic E-state index is 5.85. The van der Waals surface area contributed by atoms with Gasteiger partial charge in [0, 0.05) is 12.5 Å². The van der Waals surface area contributed by atoms with Gasteiger partial charge in [0.25, 0.3) is 0 Å². The number of ether oxygens (including phenoxy) is 2. The quantitative estimate of drug-likeness (QED) is 0.783. The molecule has 0 aromatic heterocycles. The molecule has 1 atom stereocenters. The van der Waals surface area contributed by atoms with E-state index in [1.807, 2.05) is 18.2 Å². The Bertz CT molecular complexity index is 397. The van der Waals surface area contributed by atoms with E-state index in [1.165, 1.54) is 12.0 Å². The van der Waals surface area contributed by atoms with Crippen molar-refractivity contribution in [3.05, 3.63) is 36.4 Å². The highest BCUT2D eigenvalue weighted by Gasteiger charge is 2.16. The van der Waals surface area contributed by atoms with Gasteiger partial charge in [-0.25, -0.2) is 0 Å². The van der Waals surface area contributed by atoms with Crippen molar-refractivity contribution in [2.75, 3.05) is 26.8 Å². The fraction of sp³-hybridized carbons (Fsp3) is 0.467. The van der Waals surface area contributed by atoms with Crippen LogP contribution in [0.5, 0.6) is 11.5 Å². The van der Waals surface area contributed by atoms with Gasteiger partial charge in [0.15, 0.2) is 11.5 Å². The van der Waals surface area contributed by atoms with Gasteiger partial charge < -0.3 is 14.8 Å². The summed E-state index contributed by atoms with van der Waals surface area (Å²) in [5.74, 6) is 2.25. The predicted octanol–water partition coefficient (Wildman–Crippen LogP) is 2.41. The highest BCUT2D eigenvalue weighted by Crippen LogP contribution is 2.29. The van der Waals surface area contributed by atoms with Crippen LogP contribution in [0.25, 0.3) is 0 Å². The summed E-state index contributed by atoms with van der Waals surface area (Å²) >= 11 is 0. The lowest BCUT2D eigenvalue weighted by Gasteiger charge is -2.14. The van der Waals surface area contributed by atoms with Gasteiger partial charge in [0.1, 0.15) is 0 Å². The fourth-order valence-electron chi connectivity index (χ4n) is 2.19. The first-order valence-electron chi connectivity index (χ1n) is 6.45. The first-order valence-corrected chi connectivity index (χ1v) is 6.45. The van der Waals surface area contributed by atoms with E-state index in [0.717, 1.165) is 37.6 Å². The van der Waals surface area contributed by atoms with Crippen molar-refractivity contribution in [3.8, 4) is 11.5 Å². The molecule has 0 bridgehead atoms. The maximum Gasteiger partial charge on any atom is 0.161 e. The van der Waals surface area contributed by atoms with Crippen molar-refractivity contribution in [3.63, 3.8) is 0 Å². The van der Waals surface area contributed by atoms with Crippen LogP contribution in [0.15, 0.2) is 30.9 Å². The van der Waals surface area contributed by atoms with E-state index >= 15 is 0 Å². The van der Waals surface area contributed by atoms with Gasteiger partial charge in [0.2, 0.25) is 0 Å². The van der Waals surface area contributed by atoms with Gasteiger partial charge in [-0.15, -0.1) is 6.58 Å². The van der Waals surface area contributed by atoms with Crippen molar-refractivity contribution in [2.24, 2.45) is 5.92 Å². The van der Waals surface area contributed by atoms with Crippen molar-refractivity contribution in [1.82, 2.24) is 5.32 Å². The second-order valence-corrected chi connectivity index (χ2v) is 4.65. The molecule has 1 fully saturated rings. The number of allylic oxidation sites excluding steroid dienone is 1. The summed E-state index contributed by atoms with van der Waals surface area (Å²) in [6.45, 7) is 6.65. The third kappa shape index (κ3) is 3.26. The molecule has 98 valence electrons. The van der Waals surface area contributed by atoms with Gasteiger partial charge >= 0.3 is 0 Å². The molecule has 3 heteroatoms. The number of hydrogen-bond acceptors (Lipinski definition) is 3. The van der Waals surface area contributed by atoms with Crippen LogP contribution >= 0.6 is 0 Å². The van der Waals surface area contributed by atoms with Gasteiger partial charge in [0.05, 0.1) is 13.7 Å². The Morgan fingerprint density at radius 3 is 3.00 bits per heavy atom. The van der Waals surface area contributed by atoms with Crippen molar-refractivity contribution in [2.45, 2.75) is 12.8 Å². The van der Waals surface area contributed by atoms with E-state index < -0.39 is 0 Å². The smallest absolute Gasteiger partial charge is 0.161 e. The lowest BCUT2D eigenvalue weighted by atomic mass is 10.1. The summed E-state index contributed by atoms with van der Waals surface area (Å²) in [4.78, 5) is 0. The first kappa shape index (κ1) is 13.0. The summed E-state index contributed by atoms with van der Waals surface area (Å²) in [7, 11) is 1.68. The summed E-state index contributed by atoms with van der Waals surface area (Å²) < 4.78 is 11.2. The minimum atomic E-state index is 0.613. The Kier molecular flexibility index (Phi) is 4.65. The molecule has 18 heavy (non-hydrogen) atoms. The molecule has 2 rings (SSSR count). The van der Waals surface area contributed by atoms with Crippen LogP contribution in [0.1, 0.15) is 12.0 Å². The van der Waals surface area contributed by atoms with Crippen LogP contribution in [0.4, 0.5) is 0 Å². The van der Waals surface area contributed by atoms with Crippen molar-refractivity contribution < 1.29 is 9.47 Å². The molecule has 3 nitrogen and oxygen atoms in total. The summed E-state index contributed by atoms with van der Waals surface area (Å²) in [5.41, 5.74) is 1.19. The van der Waals surface area contributed by atoms with E-state index in [9.17, 15) is 0 Å². The summed E-state index contributed by atoms with van der Waals surface area (Å²) in [6.07, 6.45) is 3.93. The molecule has 1 heterocycles. The Hall–Kier alpha value is -1.48. The third-order valence-corrected chi connectivity index (χ3v) is 3.24. The molecule has 0 spiro atoms. The first-order chi connectivity index (χ1) is 8.83. The van der Waals surface area contributed by atoms with Crippen LogP contribution < -0.4 is 14.8 Å². The molecule has 0 amide bonds. The van der Waals surface area contributed by atoms with E-state index in [4.69, 9.17) is 9.47 Å². The van der Waals surface area contributed by atoms with E-state index in [-0.39, 0.29) is 0 Å². The van der Waals surface area contributed by atoms with E-state index in [0.29, 0.717) is 5.92 Å². The number of nitrogens with one attached hydrogen (secondary N) is 1. The highest BCUT2D eigenvalue weighted by atomic mass is 16.5. The van der Waals surface area contributed by atoms with Crippen LogP contribution in [-0.2, 0) is 6.42 Å². The van der Waals surface area contributed by atoms with Gasteiger partial charge in [-0.1, -0.05) is 12.1 Å². The zero-order valence-corrected chi connectivity index (χ0v) is 10.9. The molecule has 0 saturated carbocycles. The molecule has 0 radical (unpaired) electrons. The molecule has 1 aliphatic heterocycles. The Balaban J connectivity index is 1.99. The molecule has 1 aromatic rings. The molecular weight excluding hydrogens is 226 g/mol. The van der Waals surface area contributed by atoms with Crippen molar-refractivity contribution in [1.29, 1.82) is 0 Å². The van der Waals surface area contributed by atoms with E-state index in [2.05, 4.69) is 18.0 Å². The SMILES string of the molecule is C=CCc1ccc(OCC2CCNC2)c(OC)c1. The molecule has 1 saturated heterocycles. The molecule has 1 N–H and O–H groups in total. The van der Waals surface area contributed by atoms with Gasteiger partial charge in [-0.05, 0) is 37.1 Å². The average molecular weight is 247 g/mol. The number of methoxy groups -OCH3 is 1. The number of benzene rings is 1. The van der Waals surface area contributed by atoms with Crippen LogP contribution in [0.3, 0.4) is 0 Å². The Morgan fingerprint density at radius 2 is 2.33 bits per heavy atom. The molecule has 1 aliphatic rings. The largest absolute Gasteiger partial charge is 0.493 e. The number of rotatable bonds is 6. The standard InChI is InChI=1S/C15H21NO2/c1-3-4-12-5-6-14(15(9-12)17-2)18-11-13-7-8-16-10-13/h3,5-6,9,13,16H,1,4,7-8,10-11H2,2H3. The lowest BCUT2D eigenvalue weighted by Crippen LogP contribution is -2.15. The van der Waals surface area contributed by atoms with E-state index in [1.54, 1.807) is 7.11 Å². The Labute approximate surface area is 109 Å². The highest BCUT2D eigenvalue weighted by molar-refractivity contribution is 5.43. The topological polar surface area (TPSA) is 30.5 Å². The predicted molar refractivity (Wildman–Crippen MR) is 73.4 cm³/mol. The second-order valence-electron chi connectivity index (χ2n) is 4.65. The summed E-state index contributed by atoms with van der Waals surface area (Å²) in [6, 6.07) is 6.07. The van der Waals surface area contributed by atoms with Gasteiger partial charge in [-0.3, -0.25) is 0 Å². The number of hydrogen-bond donors (Lipinski definition) is 1. The van der Waals surface area contributed by atoms with Crippen molar-refractivity contribution >= 4 is 0 Å². The minimum Gasteiger partial charge on any atom is -0.493 e. The van der Waals surface area contributed by atoms with Crippen LogP contribution in [0.2, 0.25) is 0 Å². The average Bonchev–Trinajstić information content (AvgIpc) is 2.90. The van der Waals surface area contributed by atoms with Gasteiger partial charge in [-0.2, -0.15) is 0 Å². The van der Waals surface area contributed by atoms with Crippen LogP contribution in [0, 0.1) is 5.92 Å². The normalized spacial score (nSPS) is 18.6. The minimum absolute atomic E-state index is 0.613. The summed E-state index contributed by atoms with van der Waals surface area (Å²) in [5, 5.41) is 3.34. The molecular formula is C15H21NO2. The lowest BCUT2D eigenvalue weighted by molar-refractivity contribution is 0.247. The molecule has 1 aromatic carbocycles. The molecule has 1 unspecified atom stereocenters. The zero-order chi connectivity index (χ0) is 12.8. The second kappa shape index (κ2) is 6.45. The zero-order valence-electron chi connectivity index (χ0n) is 10.9. The molecule has 0 aliphatic carbocycles.